The molecule has 1 aromatic carbocycles. The molecule has 4 nitrogen and oxygen atoms in total. The highest BCUT2D eigenvalue weighted by molar-refractivity contribution is 8.13. The van der Waals surface area contributed by atoms with Crippen LogP contribution in [0.15, 0.2) is 23.1 Å². The number of carbonyl (C=O) groups excluding carboxylic acids is 1. The second kappa shape index (κ2) is 5.09. The Morgan fingerprint density at radius 2 is 2.05 bits per heavy atom. The molecule has 7 heteroatoms. The van der Waals surface area contributed by atoms with Gasteiger partial charge in [0, 0.05) is 22.3 Å². The van der Waals surface area contributed by atoms with Gasteiger partial charge in [0.25, 0.3) is 15.0 Å². The molecule has 0 atom stereocenters. The van der Waals surface area contributed by atoms with Crippen molar-refractivity contribution < 1.29 is 17.6 Å². The predicted octanol–water partition coefficient (Wildman–Crippen LogP) is 2.28. The van der Waals surface area contributed by atoms with Crippen LogP contribution in [0.3, 0.4) is 0 Å². The minimum absolute atomic E-state index is 0.0835. The van der Waals surface area contributed by atoms with E-state index in [-0.39, 0.29) is 11.6 Å². The maximum atomic E-state index is 13.3. The molecule has 1 aliphatic carbocycles. The Hall–Kier alpha value is -1.14. The zero-order chi connectivity index (χ0) is 14.2. The molecule has 1 aliphatic rings. The number of benzene rings is 1. The molecule has 1 aromatic rings. The Kier molecular flexibility index (Phi) is 3.82. The molecule has 2 rings (SSSR count). The Bertz CT molecular complexity index is 611. The van der Waals surface area contributed by atoms with Gasteiger partial charge in [-0.2, -0.15) is 0 Å². The van der Waals surface area contributed by atoms with Gasteiger partial charge in [-0.1, -0.05) is 6.92 Å². The lowest BCUT2D eigenvalue weighted by Crippen LogP contribution is -2.43. The number of halogens is 2. The smallest absolute Gasteiger partial charge is 0.264 e. The molecule has 0 aromatic heterocycles. The first-order valence-electron chi connectivity index (χ1n) is 5.82. The van der Waals surface area contributed by atoms with Gasteiger partial charge in [-0.25, -0.2) is 12.8 Å². The van der Waals surface area contributed by atoms with E-state index in [4.69, 9.17) is 10.7 Å². The quantitative estimate of drug-likeness (QED) is 0.871. The fourth-order valence-corrected chi connectivity index (χ4v) is 3.04. The van der Waals surface area contributed by atoms with Crippen molar-refractivity contribution >= 4 is 25.6 Å². The van der Waals surface area contributed by atoms with Crippen molar-refractivity contribution in [3.63, 3.8) is 0 Å². The average Bonchev–Trinajstić information content (AvgIpc) is 2.25. The standard InChI is InChI=1S/C12H13ClFNO3S/c1-7-4-9(5-7)15-12(16)8-2-3-10(14)11(6-8)19(13,17)18/h2-3,6-7,9H,4-5H2,1H3,(H,15,16). The molecule has 1 fully saturated rings. The molecular formula is C12H13ClFNO3S. The molecule has 1 saturated carbocycles. The minimum atomic E-state index is -4.20. The summed E-state index contributed by atoms with van der Waals surface area (Å²) in [6, 6.07) is 3.21. The normalized spacial score (nSPS) is 22.7. The number of rotatable bonds is 3. The first-order valence-corrected chi connectivity index (χ1v) is 8.13. The van der Waals surface area contributed by atoms with E-state index in [9.17, 15) is 17.6 Å². The van der Waals surface area contributed by atoms with Crippen molar-refractivity contribution in [1.29, 1.82) is 0 Å². The number of nitrogens with one attached hydrogen (secondary N) is 1. The van der Waals surface area contributed by atoms with E-state index in [0.717, 1.165) is 25.0 Å². The molecule has 1 N–H and O–H groups in total. The van der Waals surface area contributed by atoms with Gasteiger partial charge in [0.1, 0.15) is 10.7 Å². The van der Waals surface area contributed by atoms with E-state index in [1.165, 1.54) is 6.07 Å². The van der Waals surface area contributed by atoms with Gasteiger partial charge < -0.3 is 5.32 Å². The van der Waals surface area contributed by atoms with Crippen molar-refractivity contribution in [3.8, 4) is 0 Å². The van der Waals surface area contributed by atoms with Crippen LogP contribution < -0.4 is 5.32 Å². The third-order valence-electron chi connectivity index (χ3n) is 3.17. The third-order valence-corrected chi connectivity index (χ3v) is 4.50. The molecule has 1 amide bonds. The largest absolute Gasteiger partial charge is 0.349 e. The summed E-state index contributed by atoms with van der Waals surface area (Å²) in [6.07, 6.45) is 1.79. The van der Waals surface area contributed by atoms with Gasteiger partial charge in [0.05, 0.1) is 0 Å². The van der Waals surface area contributed by atoms with Crippen molar-refractivity contribution in [2.24, 2.45) is 5.92 Å². The first-order chi connectivity index (χ1) is 8.77. The van der Waals surface area contributed by atoms with Gasteiger partial charge >= 0.3 is 0 Å². The molecule has 19 heavy (non-hydrogen) atoms. The number of hydrogen-bond acceptors (Lipinski definition) is 3. The summed E-state index contributed by atoms with van der Waals surface area (Å²) in [5, 5.41) is 2.76. The minimum Gasteiger partial charge on any atom is -0.349 e. The van der Waals surface area contributed by atoms with Crippen LogP contribution in [0, 0.1) is 11.7 Å². The van der Waals surface area contributed by atoms with Crippen molar-refractivity contribution in [1.82, 2.24) is 5.32 Å². The van der Waals surface area contributed by atoms with E-state index in [2.05, 4.69) is 12.2 Å². The monoisotopic (exact) mass is 305 g/mol. The lowest BCUT2D eigenvalue weighted by Gasteiger charge is -2.33. The van der Waals surface area contributed by atoms with Crippen molar-refractivity contribution in [2.75, 3.05) is 0 Å². The van der Waals surface area contributed by atoms with Crippen LogP contribution in [-0.2, 0) is 9.05 Å². The average molecular weight is 306 g/mol. The maximum Gasteiger partial charge on any atom is 0.264 e. The van der Waals surface area contributed by atoms with Crippen LogP contribution in [0.2, 0.25) is 0 Å². The van der Waals surface area contributed by atoms with E-state index in [1.54, 1.807) is 0 Å². The van der Waals surface area contributed by atoms with Crippen LogP contribution in [0.1, 0.15) is 30.1 Å². The van der Waals surface area contributed by atoms with Gasteiger partial charge in [-0.3, -0.25) is 4.79 Å². The summed E-state index contributed by atoms with van der Waals surface area (Å²) >= 11 is 0. The SMILES string of the molecule is CC1CC(NC(=O)c2ccc(F)c(S(=O)(=O)Cl)c2)C1. The molecule has 0 unspecified atom stereocenters. The second-order valence-electron chi connectivity index (χ2n) is 4.83. The predicted molar refractivity (Wildman–Crippen MR) is 69.1 cm³/mol. The van der Waals surface area contributed by atoms with Gasteiger partial charge in [0.2, 0.25) is 0 Å². The Balaban J connectivity index is 2.19. The second-order valence-corrected chi connectivity index (χ2v) is 7.36. The molecular weight excluding hydrogens is 293 g/mol. The molecule has 0 heterocycles. The van der Waals surface area contributed by atoms with E-state index < -0.39 is 25.7 Å². The summed E-state index contributed by atoms with van der Waals surface area (Å²) in [4.78, 5) is 11.2. The van der Waals surface area contributed by atoms with Crippen LogP contribution in [0.25, 0.3) is 0 Å². The Morgan fingerprint density at radius 3 is 2.58 bits per heavy atom. The van der Waals surface area contributed by atoms with Crippen LogP contribution >= 0.6 is 10.7 Å². The van der Waals surface area contributed by atoms with Crippen molar-refractivity contribution in [3.05, 3.63) is 29.6 Å². The molecule has 104 valence electrons. The fourth-order valence-electron chi connectivity index (χ4n) is 2.12. The van der Waals surface area contributed by atoms with Gasteiger partial charge in [-0.05, 0) is 37.0 Å². The molecule has 0 saturated heterocycles. The summed E-state index contributed by atoms with van der Waals surface area (Å²) < 4.78 is 35.6. The maximum absolute atomic E-state index is 13.3. The zero-order valence-corrected chi connectivity index (χ0v) is 11.8. The highest BCUT2D eigenvalue weighted by atomic mass is 35.7. The lowest BCUT2D eigenvalue weighted by atomic mass is 9.82. The van der Waals surface area contributed by atoms with Gasteiger partial charge in [0.15, 0.2) is 0 Å². The zero-order valence-electron chi connectivity index (χ0n) is 10.2. The van der Waals surface area contributed by atoms with Crippen LogP contribution in [0.4, 0.5) is 4.39 Å². The molecule has 0 spiro atoms. The summed E-state index contributed by atoms with van der Waals surface area (Å²) in [6.45, 7) is 2.08. The first kappa shape index (κ1) is 14.3. The third kappa shape index (κ3) is 3.25. The number of hydrogen-bond donors (Lipinski definition) is 1. The van der Waals surface area contributed by atoms with E-state index >= 15 is 0 Å². The summed E-state index contributed by atoms with van der Waals surface area (Å²) in [7, 11) is 0.903. The Morgan fingerprint density at radius 1 is 1.42 bits per heavy atom. The van der Waals surface area contributed by atoms with E-state index in [1.807, 2.05) is 0 Å². The van der Waals surface area contributed by atoms with E-state index in [0.29, 0.717) is 5.92 Å². The highest BCUT2D eigenvalue weighted by Gasteiger charge is 2.27. The molecule has 0 bridgehead atoms. The molecule has 0 radical (unpaired) electrons. The summed E-state index contributed by atoms with van der Waals surface area (Å²) in [5.41, 5.74) is 0.0835. The highest BCUT2D eigenvalue weighted by Crippen LogP contribution is 2.27. The Labute approximate surface area is 115 Å². The summed E-state index contributed by atoms with van der Waals surface area (Å²) in [5.74, 6) is -0.806. The van der Waals surface area contributed by atoms with Crippen LogP contribution in [-0.4, -0.2) is 20.4 Å². The molecule has 0 aliphatic heterocycles. The number of amides is 1. The fraction of sp³-hybridized carbons (Fsp3) is 0.417. The lowest BCUT2D eigenvalue weighted by molar-refractivity contribution is 0.0896. The number of carbonyl (C=O) groups is 1. The van der Waals surface area contributed by atoms with Gasteiger partial charge in [-0.15, -0.1) is 0 Å². The topological polar surface area (TPSA) is 63.2 Å². The van der Waals surface area contributed by atoms with Crippen LogP contribution in [0.5, 0.6) is 0 Å². The van der Waals surface area contributed by atoms with Crippen molar-refractivity contribution in [2.45, 2.75) is 30.7 Å².